The molecule has 0 spiro atoms. The van der Waals surface area contributed by atoms with E-state index in [2.05, 4.69) is 44.5 Å². The van der Waals surface area contributed by atoms with E-state index in [1.807, 2.05) is 36.4 Å². The minimum Gasteiger partial charge on any atom is -0.448 e. The standard InChI is InChI=1S/C16H22I2N2O4/c1-3-5-11-19(15(21)24-14-8-10-18)20(12-7-9-17)16(22)23-13-6-4-2/h3-6,10-13H2,1-2H3. The van der Waals surface area contributed by atoms with Crippen LogP contribution in [-0.2, 0) is 9.47 Å². The fourth-order valence-corrected chi connectivity index (χ4v) is 1.84. The van der Waals surface area contributed by atoms with Crippen LogP contribution >= 0.6 is 45.2 Å². The number of halogens is 2. The van der Waals surface area contributed by atoms with Gasteiger partial charge in [0.05, 0.1) is 11.0 Å². The Balaban J connectivity index is 5.17. The van der Waals surface area contributed by atoms with Gasteiger partial charge >= 0.3 is 12.2 Å². The van der Waals surface area contributed by atoms with Crippen LogP contribution in [0.5, 0.6) is 0 Å². The SMILES string of the molecule is CCCCOC(=O)N(CC#CI)N(CCCC)C(=O)OC#CCI. The summed E-state index contributed by atoms with van der Waals surface area (Å²) in [5.41, 5.74) is 0. The first-order valence-electron chi connectivity index (χ1n) is 7.67. The number of unbranched alkanes of at least 4 members (excludes halogenated alkanes) is 2. The molecule has 0 aromatic heterocycles. The minimum atomic E-state index is -0.705. The Hall–Kier alpha value is -0.880. The number of hydrogen-bond donors (Lipinski definition) is 0. The summed E-state index contributed by atoms with van der Waals surface area (Å²) in [5.74, 6) is 5.42. The van der Waals surface area contributed by atoms with Crippen LogP contribution in [0.4, 0.5) is 9.59 Å². The second-order valence-electron chi connectivity index (χ2n) is 4.55. The van der Waals surface area contributed by atoms with Gasteiger partial charge in [-0.25, -0.2) is 19.6 Å². The van der Waals surface area contributed by atoms with E-state index in [4.69, 9.17) is 9.47 Å². The van der Waals surface area contributed by atoms with Crippen LogP contribution in [0.15, 0.2) is 0 Å². The highest BCUT2D eigenvalue weighted by atomic mass is 127. The molecule has 8 heteroatoms. The molecule has 134 valence electrons. The fraction of sp³-hybridized carbons (Fsp3) is 0.625. The lowest BCUT2D eigenvalue weighted by Crippen LogP contribution is -2.50. The van der Waals surface area contributed by atoms with Crippen molar-refractivity contribution in [2.75, 3.05) is 24.1 Å². The Bertz CT molecular complexity index is 506. The van der Waals surface area contributed by atoms with Crippen molar-refractivity contribution in [3.8, 4) is 21.9 Å². The summed E-state index contributed by atoms with van der Waals surface area (Å²) < 4.78 is 13.3. The predicted octanol–water partition coefficient (Wildman–Crippen LogP) is 4.17. The average molecular weight is 560 g/mol. The molecule has 24 heavy (non-hydrogen) atoms. The van der Waals surface area contributed by atoms with Crippen molar-refractivity contribution in [3.63, 3.8) is 0 Å². The van der Waals surface area contributed by atoms with Gasteiger partial charge in [0, 0.05) is 29.1 Å². The highest BCUT2D eigenvalue weighted by Gasteiger charge is 2.27. The average Bonchev–Trinajstić information content (AvgIpc) is 2.58. The minimum absolute atomic E-state index is 0.0480. The Morgan fingerprint density at radius 3 is 2.33 bits per heavy atom. The topological polar surface area (TPSA) is 59.1 Å². The third-order valence-corrected chi connectivity index (χ3v) is 3.50. The van der Waals surface area contributed by atoms with Crippen molar-refractivity contribution in [3.05, 3.63) is 0 Å². The molecule has 0 aromatic rings. The summed E-state index contributed by atoms with van der Waals surface area (Å²) in [4.78, 5) is 24.6. The number of hydrogen-bond acceptors (Lipinski definition) is 4. The molecule has 0 unspecified atom stereocenters. The molecule has 0 atom stereocenters. The van der Waals surface area contributed by atoms with E-state index in [9.17, 15) is 9.59 Å². The third kappa shape index (κ3) is 10.1. The van der Waals surface area contributed by atoms with Crippen molar-refractivity contribution in [2.24, 2.45) is 0 Å². The lowest BCUT2D eigenvalue weighted by molar-refractivity contribution is -0.00482. The molecule has 0 N–H and O–H groups in total. The van der Waals surface area contributed by atoms with Gasteiger partial charge in [-0.3, -0.25) is 0 Å². The van der Waals surface area contributed by atoms with Crippen LogP contribution in [0, 0.1) is 21.9 Å². The summed E-state index contributed by atoms with van der Waals surface area (Å²) in [7, 11) is 0. The molecule has 0 rings (SSSR count). The summed E-state index contributed by atoms with van der Waals surface area (Å²) >= 11 is 3.93. The van der Waals surface area contributed by atoms with Gasteiger partial charge in [-0.15, -0.1) is 0 Å². The zero-order valence-electron chi connectivity index (χ0n) is 13.9. The zero-order chi connectivity index (χ0) is 18.2. The van der Waals surface area contributed by atoms with Crippen molar-refractivity contribution < 1.29 is 19.1 Å². The molecule has 0 aromatic carbocycles. The van der Waals surface area contributed by atoms with E-state index < -0.39 is 12.2 Å². The summed E-state index contributed by atoms with van der Waals surface area (Å²) in [6.45, 7) is 4.67. The van der Waals surface area contributed by atoms with Crippen LogP contribution < -0.4 is 0 Å². The van der Waals surface area contributed by atoms with Crippen molar-refractivity contribution in [1.29, 1.82) is 0 Å². The van der Waals surface area contributed by atoms with E-state index >= 15 is 0 Å². The molecule has 0 saturated heterocycles. The molecule has 0 aliphatic rings. The van der Waals surface area contributed by atoms with Crippen LogP contribution in [-0.4, -0.2) is 46.3 Å². The molecule has 0 bridgehead atoms. The molecule has 0 aliphatic heterocycles. The zero-order valence-corrected chi connectivity index (χ0v) is 18.3. The summed E-state index contributed by atoms with van der Waals surface area (Å²) in [6, 6.07) is 0. The lowest BCUT2D eigenvalue weighted by atomic mass is 10.3. The maximum atomic E-state index is 12.3. The lowest BCUT2D eigenvalue weighted by Gasteiger charge is -2.31. The number of hydrazine groups is 1. The van der Waals surface area contributed by atoms with Crippen LogP contribution in [0.1, 0.15) is 39.5 Å². The first-order chi connectivity index (χ1) is 11.6. The van der Waals surface area contributed by atoms with E-state index in [0.29, 0.717) is 24.0 Å². The molecule has 6 nitrogen and oxygen atoms in total. The number of alkyl halides is 1. The molecule has 0 saturated carbocycles. The van der Waals surface area contributed by atoms with E-state index in [1.165, 1.54) is 10.0 Å². The van der Waals surface area contributed by atoms with Crippen molar-refractivity contribution in [2.45, 2.75) is 39.5 Å². The Labute approximate surface area is 171 Å². The van der Waals surface area contributed by atoms with Crippen LogP contribution in [0.25, 0.3) is 0 Å². The van der Waals surface area contributed by atoms with Crippen LogP contribution in [0.2, 0.25) is 0 Å². The number of carbonyl (C=O) groups excluding carboxylic acids is 2. The highest BCUT2D eigenvalue weighted by Crippen LogP contribution is 2.08. The third-order valence-electron chi connectivity index (χ3n) is 2.73. The van der Waals surface area contributed by atoms with Gasteiger partial charge in [0.25, 0.3) is 0 Å². The molecule has 0 radical (unpaired) electrons. The van der Waals surface area contributed by atoms with Gasteiger partial charge in [-0.05, 0) is 22.7 Å². The van der Waals surface area contributed by atoms with Gasteiger partial charge in [-0.1, -0.05) is 55.2 Å². The molecule has 0 aliphatic carbocycles. The number of nitrogens with zero attached hydrogens (tertiary/aromatic N) is 2. The largest absolute Gasteiger partial charge is 0.448 e. The number of carbonyl (C=O) groups is 2. The Morgan fingerprint density at radius 2 is 1.75 bits per heavy atom. The van der Waals surface area contributed by atoms with Gasteiger partial charge < -0.3 is 9.47 Å². The number of rotatable bonds is 7. The quantitative estimate of drug-likeness (QED) is 0.154. The Kier molecular flexibility index (Phi) is 15.1. The van der Waals surface area contributed by atoms with Crippen LogP contribution in [0.3, 0.4) is 0 Å². The maximum absolute atomic E-state index is 12.3. The highest BCUT2D eigenvalue weighted by molar-refractivity contribution is 14.1. The number of amides is 2. The summed E-state index contributed by atoms with van der Waals surface area (Å²) in [5, 5.41) is 2.38. The van der Waals surface area contributed by atoms with E-state index in [0.717, 1.165) is 19.3 Å². The smallest absolute Gasteiger partial charge is 0.443 e. The first kappa shape index (κ1) is 23.1. The number of ether oxygens (including phenoxy) is 2. The second kappa shape index (κ2) is 15.6. The first-order valence-corrected chi connectivity index (χ1v) is 10.3. The molecule has 0 heterocycles. The van der Waals surface area contributed by atoms with Gasteiger partial charge in [0.1, 0.15) is 12.7 Å². The second-order valence-corrected chi connectivity index (χ2v) is 5.86. The molecular formula is C16H22I2N2O4. The fourth-order valence-electron chi connectivity index (χ4n) is 1.51. The normalized spacial score (nSPS) is 9.00. The van der Waals surface area contributed by atoms with Gasteiger partial charge in [0.15, 0.2) is 0 Å². The van der Waals surface area contributed by atoms with Gasteiger partial charge in [0.2, 0.25) is 0 Å². The molecule has 2 amide bonds. The monoisotopic (exact) mass is 560 g/mol. The van der Waals surface area contributed by atoms with E-state index in [-0.39, 0.29) is 6.54 Å². The predicted molar refractivity (Wildman–Crippen MR) is 110 cm³/mol. The van der Waals surface area contributed by atoms with Crippen molar-refractivity contribution in [1.82, 2.24) is 10.0 Å². The van der Waals surface area contributed by atoms with Gasteiger partial charge in [-0.2, -0.15) is 0 Å². The van der Waals surface area contributed by atoms with Crippen molar-refractivity contribution >= 4 is 57.4 Å². The molecule has 0 fully saturated rings. The molecular weight excluding hydrogens is 538 g/mol. The summed E-state index contributed by atoms with van der Waals surface area (Å²) in [6.07, 6.45) is 4.26. The maximum Gasteiger partial charge on any atom is 0.443 e. The van der Waals surface area contributed by atoms with E-state index in [1.54, 1.807) is 0 Å². The Morgan fingerprint density at radius 1 is 1.04 bits per heavy atom.